The third kappa shape index (κ3) is 7.41. The van der Waals surface area contributed by atoms with Crippen LogP contribution in [0.1, 0.15) is 51.7 Å². The van der Waals surface area contributed by atoms with E-state index in [9.17, 15) is 50.1 Å². The average molecular weight is 642 g/mol. The number of rotatable bonds is 7. The number of nitrogens with one attached hydrogen (secondary N) is 1. The zero-order valence-electron chi connectivity index (χ0n) is 25.5. The molecule has 15 nitrogen and oxygen atoms in total. The quantitative estimate of drug-likeness (QED) is 0.0701. The molecule has 16 heteroatoms. The summed E-state index contributed by atoms with van der Waals surface area (Å²) < 4.78 is 25.4. The fourth-order valence-corrected chi connectivity index (χ4v) is 4.65. The Hall–Kier alpha value is -4.54. The number of carbonyl (C=O) groups excluding carboxylic acids is 3. The number of carbonyl (C=O) groups is 3. The predicted octanol–water partition coefficient (Wildman–Crippen LogP) is 1.96. The molecule has 0 aromatic heterocycles. The number of likely N-dealkylation sites (tertiary alicyclic amines) is 1. The number of phenolic OH excluding ortho intramolecular Hbond substituents is 3. The number of amides is 3. The second-order valence-corrected chi connectivity index (χ2v) is 9.53. The normalized spacial score (nSPS) is 22.4. The molecule has 0 saturated carbocycles. The van der Waals surface area contributed by atoms with Gasteiger partial charge in [0.15, 0.2) is 34.6 Å². The van der Waals surface area contributed by atoms with Crippen LogP contribution in [0.2, 0.25) is 0 Å². The molecule has 3 heterocycles. The van der Waals surface area contributed by atoms with E-state index in [0.29, 0.717) is 31.2 Å². The maximum absolute atomic E-state index is 15.1. The fourth-order valence-electron chi connectivity index (χ4n) is 4.65. The van der Waals surface area contributed by atoms with Crippen molar-refractivity contribution in [3.05, 3.63) is 52.1 Å². The monoisotopic (exact) mass is 641 g/mol. The summed E-state index contributed by atoms with van der Waals surface area (Å²) in [5.41, 5.74) is -5.07. The van der Waals surface area contributed by atoms with E-state index < -0.39 is 100 Å². The van der Waals surface area contributed by atoms with Crippen molar-refractivity contribution in [1.29, 1.82) is 0 Å². The summed E-state index contributed by atoms with van der Waals surface area (Å²) in [5.74, 6) is -10.7. The SMILES string of the molecule is C=C(O)/C(O)=C1/C(=O)N(C2(O)CCC(=O)NC2=O)C/C1=C(/O)OCc1c(O)c(O)c(CN2CCOCC2)c(O)c1F.CC.CC. The van der Waals surface area contributed by atoms with E-state index in [2.05, 4.69) is 6.58 Å². The topological polar surface area (TPSA) is 230 Å². The highest BCUT2D eigenvalue weighted by Crippen LogP contribution is 2.43. The third-order valence-electron chi connectivity index (χ3n) is 7.00. The number of nitrogens with zero attached hydrogens (tertiary/aromatic N) is 2. The zero-order chi connectivity index (χ0) is 34.2. The number of phenols is 3. The van der Waals surface area contributed by atoms with E-state index in [1.165, 1.54) is 0 Å². The Morgan fingerprint density at radius 1 is 1.00 bits per heavy atom. The molecule has 3 saturated heterocycles. The maximum Gasteiger partial charge on any atom is 0.283 e. The van der Waals surface area contributed by atoms with E-state index >= 15 is 4.39 Å². The number of hydrogen-bond donors (Lipinski definition) is 8. The van der Waals surface area contributed by atoms with E-state index in [1.807, 2.05) is 33.0 Å². The van der Waals surface area contributed by atoms with Gasteiger partial charge in [-0.15, -0.1) is 0 Å². The van der Waals surface area contributed by atoms with Crippen molar-refractivity contribution in [3.63, 3.8) is 0 Å². The molecule has 8 N–H and O–H groups in total. The molecule has 1 atom stereocenters. The van der Waals surface area contributed by atoms with Crippen molar-refractivity contribution in [1.82, 2.24) is 15.1 Å². The second kappa shape index (κ2) is 15.5. The number of halogens is 1. The highest BCUT2D eigenvalue weighted by atomic mass is 19.1. The van der Waals surface area contributed by atoms with Crippen LogP contribution < -0.4 is 5.32 Å². The molecule has 3 aliphatic heterocycles. The Labute approximate surface area is 258 Å². The minimum Gasteiger partial charge on any atom is -0.505 e. The second-order valence-electron chi connectivity index (χ2n) is 9.53. The van der Waals surface area contributed by atoms with Gasteiger partial charge in [-0.3, -0.25) is 29.5 Å². The van der Waals surface area contributed by atoms with Crippen LogP contribution in [0.15, 0.2) is 35.2 Å². The minimum absolute atomic E-state index is 0.111. The van der Waals surface area contributed by atoms with E-state index in [-0.39, 0.29) is 18.5 Å². The molecule has 4 rings (SSSR count). The highest BCUT2D eigenvalue weighted by molar-refractivity contribution is 6.08. The first-order valence-corrected chi connectivity index (χ1v) is 14.3. The lowest BCUT2D eigenvalue weighted by molar-refractivity contribution is -0.177. The van der Waals surface area contributed by atoms with Gasteiger partial charge in [0.1, 0.15) is 6.61 Å². The van der Waals surface area contributed by atoms with Crippen molar-refractivity contribution in [2.24, 2.45) is 0 Å². The van der Waals surface area contributed by atoms with Crippen molar-refractivity contribution >= 4 is 17.7 Å². The molecule has 1 unspecified atom stereocenters. The molecule has 250 valence electrons. The highest BCUT2D eigenvalue weighted by Gasteiger charge is 2.53. The van der Waals surface area contributed by atoms with Crippen molar-refractivity contribution in [2.45, 2.75) is 59.4 Å². The Morgan fingerprint density at radius 2 is 1.58 bits per heavy atom. The number of aliphatic hydroxyl groups excluding tert-OH is 3. The van der Waals surface area contributed by atoms with Gasteiger partial charge in [0.05, 0.1) is 42.0 Å². The number of morpholine rings is 1. The standard InChI is InChI=1S/C25H28FN3O12.2C2H6/c1-11(30)18(32)16-12(9-29(22(16)36)25(39)3-2-15(31)27-24(25)38)23(37)41-10-14-17(26)19(33)13(20(34)21(14)35)8-28-4-6-40-7-5-28;2*1-2/h30,32-35,37,39H,1-10H2,(H,27,31,38);2*1-2H3/b18-16-,23-12+;;. The average Bonchev–Trinajstić information content (AvgIpc) is 3.39. The van der Waals surface area contributed by atoms with Crippen molar-refractivity contribution in [3.8, 4) is 17.2 Å². The van der Waals surface area contributed by atoms with E-state index in [4.69, 9.17) is 9.47 Å². The van der Waals surface area contributed by atoms with Gasteiger partial charge in [0, 0.05) is 32.5 Å². The lowest BCUT2D eigenvalue weighted by atomic mass is 10.00. The molecule has 0 spiro atoms. The van der Waals surface area contributed by atoms with Crippen LogP contribution in [0.25, 0.3) is 0 Å². The molecule has 0 bridgehead atoms. The molecular weight excluding hydrogens is 601 g/mol. The number of hydrogen-bond acceptors (Lipinski definition) is 13. The van der Waals surface area contributed by atoms with Gasteiger partial charge in [-0.05, 0) is 0 Å². The van der Waals surface area contributed by atoms with Crippen LogP contribution in [0, 0.1) is 5.82 Å². The Balaban J connectivity index is 0.00000169. The lowest BCUT2D eigenvalue weighted by Gasteiger charge is -2.37. The van der Waals surface area contributed by atoms with Gasteiger partial charge in [0.25, 0.3) is 17.8 Å². The fraction of sp³-hybridized carbons (Fsp3) is 0.483. The smallest absolute Gasteiger partial charge is 0.283 e. The number of imide groups is 1. The number of piperidine rings is 1. The van der Waals surface area contributed by atoms with Gasteiger partial charge < -0.3 is 45.2 Å². The zero-order valence-corrected chi connectivity index (χ0v) is 25.5. The van der Waals surface area contributed by atoms with Gasteiger partial charge >= 0.3 is 0 Å². The summed E-state index contributed by atoms with van der Waals surface area (Å²) in [6.07, 6.45) is -0.876. The van der Waals surface area contributed by atoms with Gasteiger partial charge in [0.2, 0.25) is 11.6 Å². The van der Waals surface area contributed by atoms with Crippen LogP contribution in [0.3, 0.4) is 0 Å². The van der Waals surface area contributed by atoms with E-state index in [1.54, 1.807) is 4.90 Å². The summed E-state index contributed by atoms with van der Waals surface area (Å²) in [6.45, 7) is 10.8. The molecule has 0 aliphatic carbocycles. The first kappa shape index (κ1) is 36.7. The van der Waals surface area contributed by atoms with Crippen LogP contribution in [0.4, 0.5) is 4.39 Å². The van der Waals surface area contributed by atoms with Gasteiger partial charge in [-0.1, -0.05) is 34.3 Å². The third-order valence-corrected chi connectivity index (χ3v) is 7.00. The van der Waals surface area contributed by atoms with Gasteiger partial charge in [-0.25, -0.2) is 4.39 Å². The molecule has 1 aromatic rings. The Morgan fingerprint density at radius 3 is 2.13 bits per heavy atom. The van der Waals surface area contributed by atoms with Gasteiger partial charge in [-0.2, -0.15) is 0 Å². The van der Waals surface area contributed by atoms with Crippen LogP contribution >= 0.6 is 0 Å². The molecule has 3 amide bonds. The number of aromatic hydroxyl groups is 3. The molecule has 45 heavy (non-hydrogen) atoms. The lowest BCUT2D eigenvalue weighted by Crippen LogP contribution is -2.63. The summed E-state index contributed by atoms with van der Waals surface area (Å²) >= 11 is 0. The summed E-state index contributed by atoms with van der Waals surface area (Å²) in [6, 6.07) is 0. The maximum atomic E-state index is 15.1. The molecule has 3 fully saturated rings. The number of benzene rings is 1. The molecule has 0 radical (unpaired) electrons. The minimum atomic E-state index is -2.59. The molecule has 3 aliphatic rings. The number of aliphatic hydroxyl groups is 4. The van der Waals surface area contributed by atoms with Crippen molar-refractivity contribution < 1.29 is 64.0 Å². The Bertz CT molecular complexity index is 1360. The predicted molar refractivity (Wildman–Crippen MR) is 155 cm³/mol. The summed E-state index contributed by atoms with van der Waals surface area (Å²) in [4.78, 5) is 39.3. The summed E-state index contributed by atoms with van der Waals surface area (Å²) in [5, 5.41) is 74.8. The molecular formula is C29H40FN3O12. The Kier molecular flexibility index (Phi) is 12.6. The molecule has 1 aromatic carbocycles. The van der Waals surface area contributed by atoms with E-state index in [0.717, 1.165) is 0 Å². The van der Waals surface area contributed by atoms with Crippen LogP contribution in [0.5, 0.6) is 17.2 Å². The first-order chi connectivity index (χ1) is 21.3. The number of ether oxygens (including phenoxy) is 2. The first-order valence-electron chi connectivity index (χ1n) is 14.3. The summed E-state index contributed by atoms with van der Waals surface area (Å²) in [7, 11) is 0. The van der Waals surface area contributed by atoms with Crippen LogP contribution in [-0.2, 0) is 37.0 Å². The largest absolute Gasteiger partial charge is 0.505 e. The van der Waals surface area contributed by atoms with Crippen molar-refractivity contribution in [2.75, 3.05) is 32.8 Å². The van der Waals surface area contributed by atoms with Crippen LogP contribution in [-0.4, -0.2) is 102 Å².